The van der Waals surface area contributed by atoms with Crippen LogP contribution in [0, 0.1) is 11.3 Å². The van der Waals surface area contributed by atoms with Gasteiger partial charge in [-0.2, -0.15) is 5.26 Å². The second kappa shape index (κ2) is 6.95. The van der Waals surface area contributed by atoms with Crippen LogP contribution >= 0.6 is 0 Å². The summed E-state index contributed by atoms with van der Waals surface area (Å²) in [6.07, 6.45) is 2.07. The maximum absolute atomic E-state index is 11.9. The minimum Gasteiger partial charge on any atom is -0.493 e. The van der Waals surface area contributed by atoms with E-state index in [4.69, 9.17) is 14.7 Å². The highest BCUT2D eigenvalue weighted by atomic mass is 16.5. The van der Waals surface area contributed by atoms with Crippen LogP contribution in [0.25, 0.3) is 0 Å². The van der Waals surface area contributed by atoms with Crippen molar-refractivity contribution in [2.75, 3.05) is 21.3 Å². The van der Waals surface area contributed by atoms with Gasteiger partial charge in [0.2, 0.25) is 0 Å². The molecule has 0 saturated heterocycles. The lowest BCUT2D eigenvalue weighted by Crippen LogP contribution is -2.02. The molecule has 1 aromatic carbocycles. The maximum Gasteiger partial charge on any atom is 0.330 e. The molecule has 0 saturated carbocycles. The fraction of sp³-hybridized carbons (Fsp3) is 0.214. The van der Waals surface area contributed by atoms with Gasteiger partial charge in [0.05, 0.1) is 26.9 Å². The summed E-state index contributed by atoms with van der Waals surface area (Å²) in [5.74, 6) is -0.572. The molecule has 0 heterocycles. The molecule has 0 aliphatic carbocycles. The lowest BCUT2D eigenvalue weighted by Gasteiger charge is -2.10. The Morgan fingerprint density at radius 2 is 1.85 bits per heavy atom. The molecule has 0 aliphatic heterocycles. The molecule has 1 aromatic rings. The molecule has 0 fully saturated rings. The predicted octanol–water partition coefficient (Wildman–Crippen LogP) is 1.49. The van der Waals surface area contributed by atoms with Crippen LogP contribution in [-0.4, -0.2) is 33.1 Å². The molecule has 0 spiro atoms. The number of carbonyl (C=O) groups is 2. The monoisotopic (exact) mass is 275 g/mol. The largest absolute Gasteiger partial charge is 0.493 e. The van der Waals surface area contributed by atoms with Crippen molar-refractivity contribution in [3.63, 3.8) is 0 Å². The quantitative estimate of drug-likeness (QED) is 0.459. The Morgan fingerprint density at radius 1 is 1.15 bits per heavy atom. The molecule has 6 nitrogen and oxygen atoms in total. The molecule has 104 valence electrons. The van der Waals surface area contributed by atoms with Crippen molar-refractivity contribution in [3.05, 3.63) is 35.4 Å². The molecule has 6 heteroatoms. The normalized spacial score (nSPS) is 9.90. The number of carbonyl (C=O) groups excluding carboxylic acids is 2. The molecule has 0 amide bonds. The van der Waals surface area contributed by atoms with Gasteiger partial charge in [-0.15, -0.1) is 0 Å². The van der Waals surface area contributed by atoms with E-state index in [0.29, 0.717) is 0 Å². The highest BCUT2D eigenvalue weighted by molar-refractivity contribution is 6.07. The first-order valence-electron chi connectivity index (χ1n) is 5.53. The van der Waals surface area contributed by atoms with Crippen molar-refractivity contribution >= 4 is 11.8 Å². The fourth-order valence-corrected chi connectivity index (χ4v) is 1.50. The van der Waals surface area contributed by atoms with Crippen molar-refractivity contribution in [3.8, 4) is 17.6 Å². The van der Waals surface area contributed by atoms with Gasteiger partial charge in [-0.1, -0.05) is 0 Å². The number of benzene rings is 1. The molecular formula is C14H13NO5. The summed E-state index contributed by atoms with van der Waals surface area (Å²) in [6, 6.07) is 4.72. The van der Waals surface area contributed by atoms with Crippen LogP contribution < -0.4 is 9.47 Å². The van der Waals surface area contributed by atoms with Crippen LogP contribution in [0.15, 0.2) is 24.3 Å². The molecule has 0 radical (unpaired) electrons. The zero-order valence-corrected chi connectivity index (χ0v) is 11.3. The molecule has 0 aliphatic rings. The van der Waals surface area contributed by atoms with Gasteiger partial charge in [-0.05, 0) is 18.2 Å². The molecule has 0 N–H and O–H groups in total. The number of ether oxygens (including phenoxy) is 3. The van der Waals surface area contributed by atoms with Gasteiger partial charge < -0.3 is 14.2 Å². The first-order valence-corrected chi connectivity index (χ1v) is 5.53. The third-order valence-electron chi connectivity index (χ3n) is 2.46. The summed E-state index contributed by atoms with van der Waals surface area (Å²) in [5.41, 5.74) is 0.376. The maximum atomic E-state index is 11.9. The van der Waals surface area contributed by atoms with Crippen molar-refractivity contribution in [1.29, 1.82) is 5.26 Å². The summed E-state index contributed by atoms with van der Waals surface area (Å²) in [4.78, 5) is 22.8. The van der Waals surface area contributed by atoms with Gasteiger partial charge in [0.1, 0.15) is 6.07 Å². The Kier molecular flexibility index (Phi) is 5.30. The van der Waals surface area contributed by atoms with Gasteiger partial charge >= 0.3 is 5.97 Å². The first kappa shape index (κ1) is 15.2. The van der Waals surface area contributed by atoms with Gasteiger partial charge in [0, 0.05) is 11.6 Å². The van der Waals surface area contributed by atoms with Crippen molar-refractivity contribution in [1.82, 2.24) is 0 Å². The summed E-state index contributed by atoms with van der Waals surface area (Å²) in [7, 11) is 4.01. The van der Waals surface area contributed by atoms with Crippen LogP contribution in [0.1, 0.15) is 15.9 Å². The third-order valence-corrected chi connectivity index (χ3v) is 2.46. The van der Waals surface area contributed by atoms with E-state index in [1.165, 1.54) is 33.5 Å². The predicted molar refractivity (Wildman–Crippen MR) is 69.7 cm³/mol. The summed E-state index contributed by atoms with van der Waals surface area (Å²) in [5, 5.41) is 9.04. The molecule has 1 rings (SSSR count). The molecule has 0 bridgehead atoms. The second-order valence-electron chi connectivity index (χ2n) is 3.59. The van der Waals surface area contributed by atoms with E-state index in [2.05, 4.69) is 4.74 Å². The van der Waals surface area contributed by atoms with E-state index in [1.807, 2.05) is 6.07 Å². The Hall–Kier alpha value is -2.81. The Balaban J connectivity index is 3.20. The topological polar surface area (TPSA) is 85.6 Å². The number of hydrogen-bond donors (Lipinski definition) is 0. The van der Waals surface area contributed by atoms with E-state index in [9.17, 15) is 9.59 Å². The Morgan fingerprint density at radius 3 is 2.35 bits per heavy atom. The third kappa shape index (κ3) is 3.36. The van der Waals surface area contributed by atoms with E-state index >= 15 is 0 Å². The minimum atomic E-state index is -0.640. The van der Waals surface area contributed by atoms with E-state index in [0.717, 1.165) is 12.2 Å². The van der Waals surface area contributed by atoms with E-state index in [1.54, 1.807) is 0 Å². The molecule has 0 unspecified atom stereocenters. The van der Waals surface area contributed by atoms with Gasteiger partial charge in [-0.3, -0.25) is 4.79 Å². The highest BCUT2D eigenvalue weighted by Gasteiger charge is 2.15. The van der Waals surface area contributed by atoms with Gasteiger partial charge in [0.15, 0.2) is 17.3 Å². The number of nitrogens with zero attached hydrogens (tertiary/aromatic N) is 1. The average Bonchev–Trinajstić information content (AvgIpc) is 2.50. The van der Waals surface area contributed by atoms with E-state index in [-0.39, 0.29) is 22.6 Å². The Labute approximate surface area is 116 Å². The van der Waals surface area contributed by atoms with Gasteiger partial charge in [0.25, 0.3) is 0 Å². The SMILES string of the molecule is COC(=O)/C=C/C(=O)c1cc(C#N)c(OC)c(OC)c1. The number of hydrogen-bond acceptors (Lipinski definition) is 6. The Bertz CT molecular complexity index is 598. The van der Waals surface area contributed by atoms with E-state index < -0.39 is 11.8 Å². The number of ketones is 1. The summed E-state index contributed by atoms with van der Waals surface area (Å²) in [6.45, 7) is 0. The highest BCUT2D eigenvalue weighted by Crippen LogP contribution is 2.32. The molecular weight excluding hydrogens is 262 g/mol. The standard InChI is InChI=1S/C14H13NO5/c1-18-12-7-9(6-10(8-15)14(12)20-3)11(16)4-5-13(17)19-2/h4-7H,1-3H3/b5-4+. The smallest absolute Gasteiger partial charge is 0.330 e. The number of nitriles is 1. The lowest BCUT2D eigenvalue weighted by atomic mass is 10.1. The molecule has 0 aromatic heterocycles. The minimum absolute atomic E-state index is 0.168. The first-order chi connectivity index (χ1) is 9.57. The van der Waals surface area contributed by atoms with Crippen LogP contribution in [0.5, 0.6) is 11.5 Å². The molecule has 20 heavy (non-hydrogen) atoms. The number of rotatable bonds is 5. The zero-order chi connectivity index (χ0) is 15.1. The van der Waals surface area contributed by atoms with Crippen LogP contribution in [0.3, 0.4) is 0 Å². The lowest BCUT2D eigenvalue weighted by molar-refractivity contribution is -0.134. The van der Waals surface area contributed by atoms with Crippen molar-refractivity contribution < 1.29 is 23.8 Å². The van der Waals surface area contributed by atoms with Gasteiger partial charge in [-0.25, -0.2) is 4.79 Å². The van der Waals surface area contributed by atoms with Crippen molar-refractivity contribution in [2.24, 2.45) is 0 Å². The summed E-state index contributed by atoms with van der Waals surface area (Å²) >= 11 is 0. The number of esters is 1. The molecule has 0 atom stereocenters. The second-order valence-corrected chi connectivity index (χ2v) is 3.59. The van der Waals surface area contributed by atoms with Crippen LogP contribution in [-0.2, 0) is 9.53 Å². The van der Waals surface area contributed by atoms with Crippen molar-refractivity contribution in [2.45, 2.75) is 0 Å². The fourth-order valence-electron chi connectivity index (χ4n) is 1.50. The average molecular weight is 275 g/mol. The number of allylic oxidation sites excluding steroid dienone is 1. The summed E-state index contributed by atoms with van der Waals surface area (Å²) < 4.78 is 14.5. The van der Waals surface area contributed by atoms with Crippen LogP contribution in [0.2, 0.25) is 0 Å². The number of methoxy groups -OCH3 is 3. The zero-order valence-electron chi connectivity index (χ0n) is 11.3. The van der Waals surface area contributed by atoms with Crippen LogP contribution in [0.4, 0.5) is 0 Å².